The molecule has 0 aromatic heterocycles. The highest BCUT2D eigenvalue weighted by Gasteiger charge is 2.19. The number of hydrogen-bond donors (Lipinski definition) is 1. The number of thioether (sulfide) groups is 1. The van der Waals surface area contributed by atoms with E-state index in [1.54, 1.807) is 0 Å². The predicted molar refractivity (Wildman–Crippen MR) is 86.9 cm³/mol. The molecule has 1 N–H and O–H groups in total. The molecule has 116 valence electrons. The van der Waals surface area contributed by atoms with Crippen molar-refractivity contribution in [3.05, 3.63) is 29.3 Å². The first-order chi connectivity index (χ1) is 10.2. The summed E-state index contributed by atoms with van der Waals surface area (Å²) in [5.74, 6) is 0.578. The molecular weight excluding hydrogens is 308 g/mol. The lowest BCUT2D eigenvalue weighted by Gasteiger charge is -2.21. The third-order valence-corrected chi connectivity index (χ3v) is 5.05. The van der Waals surface area contributed by atoms with E-state index in [1.807, 2.05) is 29.2 Å². The number of hydrogen-bond acceptors (Lipinski definition) is 4. The molecular formula is C15H21ClN2O2S. The topological polar surface area (TPSA) is 43.8 Å². The van der Waals surface area contributed by atoms with E-state index in [1.165, 1.54) is 11.8 Å². The molecule has 2 rings (SSSR count). The molecule has 1 aromatic carbocycles. The number of aliphatic hydroxyl groups is 1. The van der Waals surface area contributed by atoms with Gasteiger partial charge in [-0.2, -0.15) is 0 Å². The number of halogens is 1. The molecule has 1 aliphatic rings. The van der Waals surface area contributed by atoms with Crippen molar-refractivity contribution in [2.45, 2.75) is 11.3 Å². The van der Waals surface area contributed by atoms with Crippen LogP contribution in [0.2, 0.25) is 5.02 Å². The summed E-state index contributed by atoms with van der Waals surface area (Å²) in [7, 11) is 0. The van der Waals surface area contributed by atoms with Crippen molar-refractivity contribution in [2.24, 2.45) is 0 Å². The van der Waals surface area contributed by atoms with Crippen molar-refractivity contribution in [3.63, 3.8) is 0 Å². The Bertz CT molecular complexity index is 473. The molecule has 1 aromatic rings. The van der Waals surface area contributed by atoms with Gasteiger partial charge < -0.3 is 10.0 Å². The summed E-state index contributed by atoms with van der Waals surface area (Å²) in [6, 6.07) is 7.59. The van der Waals surface area contributed by atoms with Gasteiger partial charge in [-0.1, -0.05) is 23.7 Å². The Morgan fingerprint density at radius 1 is 1.24 bits per heavy atom. The molecule has 0 aliphatic carbocycles. The standard InChI is InChI=1S/C15H21ClN2O2S/c16-13-4-1-2-5-14(13)21-12-15(20)18-7-3-6-17(8-9-18)10-11-19/h1-2,4-5,19H,3,6-12H2. The molecule has 21 heavy (non-hydrogen) atoms. The zero-order chi connectivity index (χ0) is 15.1. The highest BCUT2D eigenvalue weighted by molar-refractivity contribution is 8.00. The van der Waals surface area contributed by atoms with Crippen LogP contribution in [0.15, 0.2) is 29.2 Å². The quantitative estimate of drug-likeness (QED) is 0.839. The van der Waals surface area contributed by atoms with Crippen LogP contribution in [-0.4, -0.2) is 65.9 Å². The maximum absolute atomic E-state index is 12.3. The zero-order valence-corrected chi connectivity index (χ0v) is 13.6. The number of amides is 1. The second-order valence-corrected chi connectivity index (χ2v) is 6.44. The summed E-state index contributed by atoms with van der Waals surface area (Å²) in [5.41, 5.74) is 0. The third-order valence-electron chi connectivity index (χ3n) is 3.55. The van der Waals surface area contributed by atoms with Gasteiger partial charge in [0.15, 0.2) is 0 Å². The second-order valence-electron chi connectivity index (χ2n) is 5.02. The smallest absolute Gasteiger partial charge is 0.232 e. The molecule has 1 amide bonds. The van der Waals surface area contributed by atoms with Crippen LogP contribution in [0.1, 0.15) is 6.42 Å². The van der Waals surface area contributed by atoms with Gasteiger partial charge in [0.2, 0.25) is 5.91 Å². The van der Waals surface area contributed by atoms with Crippen LogP contribution in [-0.2, 0) is 4.79 Å². The molecule has 4 nitrogen and oxygen atoms in total. The predicted octanol–water partition coefficient (Wildman–Crippen LogP) is 1.96. The van der Waals surface area contributed by atoms with Crippen LogP contribution in [0.5, 0.6) is 0 Å². The number of benzene rings is 1. The highest BCUT2D eigenvalue weighted by atomic mass is 35.5. The zero-order valence-electron chi connectivity index (χ0n) is 12.0. The highest BCUT2D eigenvalue weighted by Crippen LogP contribution is 2.26. The van der Waals surface area contributed by atoms with Gasteiger partial charge in [0, 0.05) is 31.1 Å². The number of nitrogens with zero attached hydrogens (tertiary/aromatic N) is 2. The lowest BCUT2D eigenvalue weighted by Crippen LogP contribution is -2.36. The molecule has 1 aliphatic heterocycles. The summed E-state index contributed by atoms with van der Waals surface area (Å²) in [4.78, 5) is 17.4. The van der Waals surface area contributed by atoms with Crippen molar-refractivity contribution in [1.29, 1.82) is 0 Å². The van der Waals surface area contributed by atoms with Gasteiger partial charge in [-0.15, -0.1) is 11.8 Å². The largest absolute Gasteiger partial charge is 0.395 e. The van der Waals surface area contributed by atoms with E-state index in [0.717, 1.165) is 37.5 Å². The van der Waals surface area contributed by atoms with E-state index >= 15 is 0 Å². The summed E-state index contributed by atoms with van der Waals surface area (Å²) in [5, 5.41) is 9.68. The minimum atomic E-state index is 0.158. The first kappa shape index (κ1) is 16.6. The average molecular weight is 329 g/mol. The van der Waals surface area contributed by atoms with E-state index in [4.69, 9.17) is 16.7 Å². The van der Waals surface area contributed by atoms with Gasteiger partial charge in [-0.25, -0.2) is 0 Å². The number of carbonyl (C=O) groups excluding carboxylic acids is 1. The monoisotopic (exact) mass is 328 g/mol. The maximum Gasteiger partial charge on any atom is 0.232 e. The lowest BCUT2D eigenvalue weighted by molar-refractivity contribution is -0.128. The van der Waals surface area contributed by atoms with E-state index in [0.29, 0.717) is 17.3 Å². The number of aliphatic hydroxyl groups excluding tert-OH is 1. The minimum absolute atomic E-state index is 0.158. The Balaban J connectivity index is 1.82. The van der Waals surface area contributed by atoms with Gasteiger partial charge in [-0.3, -0.25) is 9.69 Å². The molecule has 6 heteroatoms. The fourth-order valence-electron chi connectivity index (χ4n) is 2.38. The molecule has 0 unspecified atom stereocenters. The molecule has 0 saturated carbocycles. The Labute approximate surface area is 135 Å². The summed E-state index contributed by atoms with van der Waals surface area (Å²) in [6.45, 7) is 4.18. The van der Waals surface area contributed by atoms with Crippen molar-refractivity contribution in [2.75, 3.05) is 45.1 Å². The van der Waals surface area contributed by atoms with E-state index < -0.39 is 0 Å². The van der Waals surface area contributed by atoms with Crippen molar-refractivity contribution < 1.29 is 9.90 Å². The Kier molecular flexibility index (Phi) is 6.83. The lowest BCUT2D eigenvalue weighted by atomic mass is 10.4. The van der Waals surface area contributed by atoms with Crippen LogP contribution in [0, 0.1) is 0 Å². The summed E-state index contributed by atoms with van der Waals surface area (Å²) < 4.78 is 0. The van der Waals surface area contributed by atoms with Crippen LogP contribution in [0.4, 0.5) is 0 Å². The second kappa shape index (κ2) is 8.63. The van der Waals surface area contributed by atoms with Crippen molar-refractivity contribution >= 4 is 29.3 Å². The number of rotatable bonds is 5. The molecule has 0 atom stereocenters. The Morgan fingerprint density at radius 3 is 2.81 bits per heavy atom. The van der Waals surface area contributed by atoms with E-state index in [2.05, 4.69) is 4.90 Å². The fourth-order valence-corrected chi connectivity index (χ4v) is 3.52. The molecule has 1 heterocycles. The summed E-state index contributed by atoms with van der Waals surface area (Å²) in [6.07, 6.45) is 0.961. The van der Waals surface area contributed by atoms with Crippen LogP contribution in [0.25, 0.3) is 0 Å². The van der Waals surface area contributed by atoms with Gasteiger partial charge in [0.25, 0.3) is 0 Å². The van der Waals surface area contributed by atoms with Gasteiger partial charge in [0.05, 0.1) is 17.4 Å². The minimum Gasteiger partial charge on any atom is -0.395 e. The van der Waals surface area contributed by atoms with Crippen LogP contribution in [0.3, 0.4) is 0 Å². The normalized spacial score (nSPS) is 16.8. The van der Waals surface area contributed by atoms with Gasteiger partial charge >= 0.3 is 0 Å². The first-order valence-electron chi connectivity index (χ1n) is 7.19. The van der Waals surface area contributed by atoms with E-state index in [9.17, 15) is 4.79 Å². The fraction of sp³-hybridized carbons (Fsp3) is 0.533. The molecule has 0 radical (unpaired) electrons. The Hall–Kier alpha value is -0.750. The van der Waals surface area contributed by atoms with Crippen molar-refractivity contribution in [3.8, 4) is 0 Å². The molecule has 1 fully saturated rings. The maximum atomic E-state index is 12.3. The van der Waals surface area contributed by atoms with E-state index in [-0.39, 0.29) is 12.5 Å². The molecule has 1 saturated heterocycles. The Morgan fingerprint density at radius 2 is 2.05 bits per heavy atom. The molecule has 0 bridgehead atoms. The number of β-amino-alcohol motifs (C(OH)–C–C–N with tert-alkyl or cyclic N) is 1. The average Bonchev–Trinajstić information content (AvgIpc) is 2.72. The molecule has 0 spiro atoms. The van der Waals surface area contributed by atoms with Gasteiger partial charge in [0.1, 0.15) is 0 Å². The third kappa shape index (κ3) is 5.18. The van der Waals surface area contributed by atoms with Crippen molar-refractivity contribution in [1.82, 2.24) is 9.80 Å². The van der Waals surface area contributed by atoms with Crippen LogP contribution < -0.4 is 0 Å². The summed E-state index contributed by atoms with van der Waals surface area (Å²) >= 11 is 7.59. The van der Waals surface area contributed by atoms with Crippen LogP contribution >= 0.6 is 23.4 Å². The van der Waals surface area contributed by atoms with Gasteiger partial charge in [-0.05, 0) is 25.1 Å². The number of carbonyl (C=O) groups is 1. The SMILES string of the molecule is O=C(CSc1ccccc1Cl)N1CCCN(CCO)CC1. The first-order valence-corrected chi connectivity index (χ1v) is 8.55.